The van der Waals surface area contributed by atoms with Gasteiger partial charge in [0, 0.05) is 18.8 Å². The van der Waals surface area contributed by atoms with E-state index < -0.39 is 0 Å². The molecule has 0 bridgehead atoms. The number of guanidine groups is 1. The fraction of sp³-hybridized carbons (Fsp3) is 0.500. The van der Waals surface area contributed by atoms with Crippen molar-refractivity contribution in [3.05, 3.63) is 0 Å². The van der Waals surface area contributed by atoms with Crippen LogP contribution in [0.3, 0.4) is 0 Å². The lowest BCUT2D eigenvalue weighted by Gasteiger charge is -2.07. The first kappa shape index (κ1) is 6.35. The Morgan fingerprint density at radius 2 is 2.33 bits per heavy atom. The van der Waals surface area contributed by atoms with Crippen molar-refractivity contribution in [3.8, 4) is 0 Å². The molecule has 1 aliphatic heterocycles. The third-order valence-corrected chi connectivity index (χ3v) is 1.49. The average molecular weight is 148 g/mol. The van der Waals surface area contributed by atoms with E-state index in [1.165, 1.54) is 4.90 Å². The van der Waals surface area contributed by atoms with Gasteiger partial charge in [-0.1, -0.05) is 0 Å². The van der Waals surface area contributed by atoms with Gasteiger partial charge in [0.15, 0.2) is 0 Å². The number of likely N-dealkylation sites (N-methyl/N-ethyl adjacent to an activating group) is 1. The summed E-state index contributed by atoms with van der Waals surface area (Å²) in [7, 11) is 1.64. The Bertz CT molecular complexity index is 169. The van der Waals surface area contributed by atoms with Gasteiger partial charge >= 0.3 is 0 Å². The van der Waals surface area contributed by atoms with Crippen LogP contribution >= 0.6 is 11.8 Å². The molecular formula is C4H6ClN3O. The van der Waals surface area contributed by atoms with Crippen LogP contribution in [0, 0.1) is 5.41 Å². The van der Waals surface area contributed by atoms with Crippen LogP contribution in [-0.4, -0.2) is 34.8 Å². The average Bonchev–Trinajstić information content (AvgIpc) is 1.98. The zero-order valence-electron chi connectivity index (χ0n) is 4.89. The molecule has 0 spiro atoms. The maximum Gasteiger partial charge on any atom is 0.263 e. The van der Waals surface area contributed by atoms with Gasteiger partial charge in [0.05, 0.1) is 0 Å². The van der Waals surface area contributed by atoms with Gasteiger partial charge in [0.25, 0.3) is 5.91 Å². The standard InChI is InChI=1S/C4H6ClN3O/c1-7-2-3(9)8(5)4(7)6/h6H,2H2,1H3. The first-order valence-electron chi connectivity index (χ1n) is 2.41. The summed E-state index contributed by atoms with van der Waals surface area (Å²) < 4.78 is 0.806. The van der Waals surface area contributed by atoms with Crippen molar-refractivity contribution in [2.45, 2.75) is 0 Å². The maximum absolute atomic E-state index is 10.6. The van der Waals surface area contributed by atoms with Gasteiger partial charge in [-0.3, -0.25) is 10.2 Å². The van der Waals surface area contributed by atoms with E-state index in [9.17, 15) is 4.79 Å². The fourth-order valence-electron chi connectivity index (χ4n) is 0.608. The molecule has 4 nitrogen and oxygen atoms in total. The fourth-order valence-corrected chi connectivity index (χ4v) is 0.790. The van der Waals surface area contributed by atoms with Crippen LogP contribution < -0.4 is 0 Å². The quantitative estimate of drug-likeness (QED) is 0.485. The third-order valence-electron chi connectivity index (χ3n) is 1.14. The number of carbonyl (C=O) groups is 1. The second-order valence-electron chi connectivity index (χ2n) is 1.85. The Kier molecular flexibility index (Phi) is 1.32. The monoisotopic (exact) mass is 147 g/mol. The van der Waals surface area contributed by atoms with Crippen molar-refractivity contribution in [2.24, 2.45) is 0 Å². The van der Waals surface area contributed by atoms with E-state index in [0.717, 1.165) is 4.42 Å². The van der Waals surface area contributed by atoms with Crippen LogP contribution in [-0.2, 0) is 4.79 Å². The highest BCUT2D eigenvalue weighted by Gasteiger charge is 2.28. The number of nitrogens with one attached hydrogen (secondary N) is 1. The summed E-state index contributed by atoms with van der Waals surface area (Å²) in [6.07, 6.45) is 0. The van der Waals surface area contributed by atoms with Crippen LogP contribution in [0.25, 0.3) is 0 Å². The molecule has 1 aliphatic rings. The van der Waals surface area contributed by atoms with E-state index in [1.54, 1.807) is 7.05 Å². The molecule has 50 valence electrons. The first-order valence-corrected chi connectivity index (χ1v) is 2.75. The highest BCUT2D eigenvalue weighted by Crippen LogP contribution is 2.07. The predicted molar refractivity (Wildman–Crippen MR) is 33.1 cm³/mol. The van der Waals surface area contributed by atoms with Gasteiger partial charge in [0.1, 0.15) is 6.54 Å². The summed E-state index contributed by atoms with van der Waals surface area (Å²) in [5.41, 5.74) is 0. The van der Waals surface area contributed by atoms with Gasteiger partial charge in [-0.2, -0.15) is 4.42 Å². The van der Waals surface area contributed by atoms with Crippen molar-refractivity contribution >= 4 is 23.6 Å². The van der Waals surface area contributed by atoms with Crippen LogP contribution in [0.4, 0.5) is 0 Å². The van der Waals surface area contributed by atoms with E-state index in [0.29, 0.717) is 0 Å². The highest BCUT2D eigenvalue weighted by molar-refractivity contribution is 6.32. The molecule has 0 unspecified atom stereocenters. The molecule has 1 heterocycles. The second-order valence-corrected chi connectivity index (χ2v) is 2.19. The minimum Gasteiger partial charge on any atom is -0.335 e. The van der Waals surface area contributed by atoms with Crippen molar-refractivity contribution in [1.29, 1.82) is 5.41 Å². The summed E-state index contributed by atoms with van der Waals surface area (Å²) in [5.74, 6) is -0.203. The maximum atomic E-state index is 10.6. The Morgan fingerprint density at radius 1 is 1.78 bits per heavy atom. The molecule has 0 aromatic carbocycles. The molecule has 0 aromatic heterocycles. The number of rotatable bonds is 0. The molecule has 1 amide bonds. The Balaban J connectivity index is 2.77. The van der Waals surface area contributed by atoms with Gasteiger partial charge in [-0.15, -0.1) is 0 Å². The molecular weight excluding hydrogens is 142 g/mol. The highest BCUT2D eigenvalue weighted by atomic mass is 35.5. The summed E-state index contributed by atoms with van der Waals surface area (Å²) in [6, 6.07) is 0. The summed E-state index contributed by atoms with van der Waals surface area (Å²) >= 11 is 5.33. The molecule has 9 heavy (non-hydrogen) atoms. The van der Waals surface area contributed by atoms with Crippen molar-refractivity contribution < 1.29 is 4.79 Å². The molecule has 1 saturated heterocycles. The van der Waals surface area contributed by atoms with Crippen molar-refractivity contribution in [3.63, 3.8) is 0 Å². The number of nitrogens with zero attached hydrogens (tertiary/aromatic N) is 2. The Morgan fingerprint density at radius 3 is 2.44 bits per heavy atom. The minimum absolute atomic E-state index is 0.0432. The lowest BCUT2D eigenvalue weighted by Crippen LogP contribution is -2.23. The van der Waals surface area contributed by atoms with Gasteiger partial charge < -0.3 is 4.90 Å². The lowest BCUT2D eigenvalue weighted by molar-refractivity contribution is -0.122. The normalized spacial score (nSPS) is 19.8. The van der Waals surface area contributed by atoms with E-state index >= 15 is 0 Å². The summed E-state index contributed by atoms with van der Waals surface area (Å²) in [6.45, 7) is 0.211. The number of carbonyl (C=O) groups excluding carboxylic acids is 1. The van der Waals surface area contributed by atoms with Crippen LogP contribution in [0.15, 0.2) is 0 Å². The van der Waals surface area contributed by atoms with Crippen molar-refractivity contribution in [2.75, 3.05) is 13.6 Å². The largest absolute Gasteiger partial charge is 0.335 e. The summed E-state index contributed by atoms with van der Waals surface area (Å²) in [4.78, 5) is 12.1. The van der Waals surface area contributed by atoms with Gasteiger partial charge in [-0.05, 0) is 0 Å². The molecule has 0 aliphatic carbocycles. The van der Waals surface area contributed by atoms with E-state index in [2.05, 4.69) is 0 Å². The second kappa shape index (κ2) is 1.88. The number of hydrogen-bond donors (Lipinski definition) is 1. The first-order chi connectivity index (χ1) is 4.13. The molecule has 0 aromatic rings. The molecule has 5 heteroatoms. The third kappa shape index (κ3) is 0.853. The molecule has 0 radical (unpaired) electrons. The van der Waals surface area contributed by atoms with Crippen LogP contribution in [0.2, 0.25) is 0 Å². The van der Waals surface area contributed by atoms with Crippen LogP contribution in [0.5, 0.6) is 0 Å². The summed E-state index contributed by atoms with van der Waals surface area (Å²) in [5, 5.41) is 7.09. The molecule has 0 atom stereocenters. The number of halogens is 1. The zero-order chi connectivity index (χ0) is 7.02. The molecule has 1 fully saturated rings. The zero-order valence-corrected chi connectivity index (χ0v) is 5.64. The van der Waals surface area contributed by atoms with Crippen LogP contribution in [0.1, 0.15) is 0 Å². The topological polar surface area (TPSA) is 47.4 Å². The van der Waals surface area contributed by atoms with E-state index in [4.69, 9.17) is 17.2 Å². The molecule has 1 N–H and O–H groups in total. The minimum atomic E-state index is -0.246. The molecule has 1 rings (SSSR count). The SMILES string of the molecule is CN1CC(=O)N(Cl)C1=N. The Labute approximate surface area is 57.6 Å². The van der Waals surface area contributed by atoms with E-state index in [-0.39, 0.29) is 18.4 Å². The smallest absolute Gasteiger partial charge is 0.263 e. The van der Waals surface area contributed by atoms with Gasteiger partial charge in [-0.25, -0.2) is 0 Å². The predicted octanol–water partition coefficient (Wildman–Crippen LogP) is -0.151. The van der Waals surface area contributed by atoms with Gasteiger partial charge in [0.2, 0.25) is 5.96 Å². The lowest BCUT2D eigenvalue weighted by atomic mass is 10.6. The number of hydrogen-bond acceptors (Lipinski definition) is 2. The van der Waals surface area contributed by atoms with Crippen molar-refractivity contribution in [1.82, 2.24) is 9.32 Å². The number of amides is 1. The Hall–Kier alpha value is -0.770. The van der Waals surface area contributed by atoms with E-state index in [1.807, 2.05) is 0 Å². The molecule has 0 saturated carbocycles.